The minimum atomic E-state index is -0.526. The number of hydrogen-bond donors (Lipinski definition) is 1. The normalized spacial score (nSPS) is 10.5. The highest BCUT2D eigenvalue weighted by Crippen LogP contribution is 2.37. The van der Waals surface area contributed by atoms with Gasteiger partial charge in [0.15, 0.2) is 11.5 Å². The number of hydrazone groups is 1. The minimum Gasteiger partial charge on any atom is -0.493 e. The lowest BCUT2D eigenvalue weighted by atomic mass is 10.1. The summed E-state index contributed by atoms with van der Waals surface area (Å²) < 4.78 is 15.7. The van der Waals surface area contributed by atoms with Crippen LogP contribution >= 0.6 is 0 Å². The summed E-state index contributed by atoms with van der Waals surface area (Å²) in [4.78, 5) is 22.5. The number of benzene rings is 2. The predicted octanol–water partition coefficient (Wildman–Crippen LogP) is 2.31. The molecule has 0 atom stereocenters. The number of carbonyl (C=O) groups is 1. The van der Waals surface area contributed by atoms with Gasteiger partial charge in [0.25, 0.3) is 5.69 Å². The van der Waals surface area contributed by atoms with E-state index in [-0.39, 0.29) is 12.1 Å². The SMILES string of the molecule is COc1cc(C=NNC(=O)Cc2ccccc2[N+](=O)[O-])cc(OC)c1OC. The second-order valence-electron chi connectivity index (χ2n) is 5.31. The van der Waals surface area contributed by atoms with Crippen LogP contribution in [0.15, 0.2) is 41.5 Å². The maximum Gasteiger partial charge on any atom is 0.273 e. The van der Waals surface area contributed by atoms with Crippen LogP contribution in [0.25, 0.3) is 0 Å². The highest BCUT2D eigenvalue weighted by atomic mass is 16.6. The van der Waals surface area contributed by atoms with E-state index in [1.165, 1.54) is 39.7 Å². The van der Waals surface area contributed by atoms with Crippen LogP contribution < -0.4 is 19.6 Å². The van der Waals surface area contributed by atoms with Crippen LogP contribution in [0.3, 0.4) is 0 Å². The van der Waals surface area contributed by atoms with Crippen molar-refractivity contribution in [2.24, 2.45) is 5.10 Å². The molecule has 0 heterocycles. The van der Waals surface area contributed by atoms with Crippen molar-refractivity contribution in [2.45, 2.75) is 6.42 Å². The van der Waals surface area contributed by atoms with Gasteiger partial charge in [-0.2, -0.15) is 5.10 Å². The van der Waals surface area contributed by atoms with Crippen molar-refractivity contribution < 1.29 is 23.9 Å². The molecule has 9 heteroatoms. The Balaban J connectivity index is 2.09. The zero-order chi connectivity index (χ0) is 19.8. The number of nitro groups is 1. The summed E-state index contributed by atoms with van der Waals surface area (Å²) in [7, 11) is 4.48. The van der Waals surface area contributed by atoms with Gasteiger partial charge in [-0.15, -0.1) is 0 Å². The van der Waals surface area contributed by atoms with Gasteiger partial charge >= 0.3 is 0 Å². The van der Waals surface area contributed by atoms with Crippen LogP contribution in [0.2, 0.25) is 0 Å². The average molecular weight is 373 g/mol. The molecule has 2 aromatic rings. The molecule has 0 aliphatic carbocycles. The number of nitro benzene ring substituents is 1. The van der Waals surface area contributed by atoms with Crippen molar-refractivity contribution in [1.82, 2.24) is 5.43 Å². The second kappa shape index (κ2) is 9.18. The van der Waals surface area contributed by atoms with Crippen molar-refractivity contribution in [3.05, 3.63) is 57.6 Å². The molecule has 1 N–H and O–H groups in total. The molecular weight excluding hydrogens is 354 g/mol. The molecule has 0 saturated carbocycles. The molecular formula is C18H19N3O6. The Bertz CT molecular complexity index is 841. The molecule has 0 aromatic heterocycles. The molecule has 2 rings (SSSR count). The van der Waals surface area contributed by atoms with Crippen LogP contribution in [0.4, 0.5) is 5.69 Å². The van der Waals surface area contributed by atoms with Crippen LogP contribution in [0, 0.1) is 10.1 Å². The van der Waals surface area contributed by atoms with Crippen LogP contribution in [-0.2, 0) is 11.2 Å². The third kappa shape index (κ3) is 4.94. The third-order valence-corrected chi connectivity index (χ3v) is 3.63. The molecule has 0 saturated heterocycles. The van der Waals surface area contributed by atoms with Gasteiger partial charge in [0.2, 0.25) is 11.7 Å². The number of para-hydroxylation sites is 1. The van der Waals surface area contributed by atoms with Crippen molar-refractivity contribution >= 4 is 17.8 Å². The molecule has 0 radical (unpaired) electrons. The van der Waals surface area contributed by atoms with Crippen molar-refractivity contribution in [3.8, 4) is 17.2 Å². The van der Waals surface area contributed by atoms with E-state index in [0.717, 1.165) is 0 Å². The number of ether oxygens (including phenoxy) is 3. The van der Waals surface area contributed by atoms with E-state index in [1.807, 2.05) is 0 Å². The maximum absolute atomic E-state index is 12.0. The van der Waals surface area contributed by atoms with E-state index in [0.29, 0.717) is 28.4 Å². The topological polar surface area (TPSA) is 112 Å². The monoisotopic (exact) mass is 373 g/mol. The van der Waals surface area contributed by atoms with E-state index in [1.54, 1.807) is 24.3 Å². The number of nitrogens with one attached hydrogen (secondary N) is 1. The number of carbonyl (C=O) groups excluding carboxylic acids is 1. The first-order valence-corrected chi connectivity index (χ1v) is 7.84. The number of hydrogen-bond acceptors (Lipinski definition) is 7. The Morgan fingerprint density at radius 3 is 2.33 bits per heavy atom. The lowest BCUT2D eigenvalue weighted by molar-refractivity contribution is -0.385. The zero-order valence-corrected chi connectivity index (χ0v) is 15.1. The molecule has 0 spiro atoms. The predicted molar refractivity (Wildman–Crippen MR) is 98.6 cm³/mol. The first kappa shape index (κ1) is 19.7. The molecule has 1 amide bonds. The second-order valence-corrected chi connectivity index (χ2v) is 5.31. The van der Waals surface area contributed by atoms with Gasteiger partial charge in [-0.1, -0.05) is 18.2 Å². The lowest BCUT2D eigenvalue weighted by Gasteiger charge is -2.12. The highest BCUT2D eigenvalue weighted by Gasteiger charge is 2.15. The Morgan fingerprint density at radius 1 is 1.15 bits per heavy atom. The van der Waals surface area contributed by atoms with E-state index in [9.17, 15) is 14.9 Å². The Morgan fingerprint density at radius 2 is 1.78 bits per heavy atom. The summed E-state index contributed by atoms with van der Waals surface area (Å²) in [6.07, 6.45) is 1.24. The molecule has 0 aliphatic heterocycles. The fraction of sp³-hybridized carbons (Fsp3) is 0.222. The summed E-state index contributed by atoms with van der Waals surface area (Å²) >= 11 is 0. The minimum absolute atomic E-state index is 0.110. The van der Waals surface area contributed by atoms with E-state index < -0.39 is 10.8 Å². The number of rotatable bonds is 8. The van der Waals surface area contributed by atoms with Gasteiger partial charge in [-0.3, -0.25) is 14.9 Å². The zero-order valence-electron chi connectivity index (χ0n) is 15.1. The van der Waals surface area contributed by atoms with Gasteiger partial charge in [0, 0.05) is 17.2 Å². The lowest BCUT2D eigenvalue weighted by Crippen LogP contribution is -2.20. The van der Waals surface area contributed by atoms with Gasteiger partial charge in [-0.25, -0.2) is 5.43 Å². The number of nitrogens with zero attached hydrogens (tertiary/aromatic N) is 2. The first-order valence-electron chi connectivity index (χ1n) is 7.84. The number of methoxy groups -OCH3 is 3. The molecule has 0 aliphatic rings. The van der Waals surface area contributed by atoms with Crippen LogP contribution in [-0.4, -0.2) is 38.4 Å². The standard InChI is InChI=1S/C18H19N3O6/c1-25-15-8-12(9-16(26-2)18(15)27-3)11-19-20-17(22)10-13-6-4-5-7-14(13)21(23)24/h4-9,11H,10H2,1-3H3,(H,20,22). The summed E-state index contributed by atoms with van der Waals surface area (Å²) in [5, 5.41) is 14.9. The highest BCUT2D eigenvalue weighted by molar-refractivity contribution is 5.85. The van der Waals surface area contributed by atoms with E-state index >= 15 is 0 Å². The third-order valence-electron chi connectivity index (χ3n) is 3.63. The van der Waals surface area contributed by atoms with Gasteiger partial charge in [-0.05, 0) is 12.1 Å². The van der Waals surface area contributed by atoms with Crippen molar-refractivity contribution in [2.75, 3.05) is 21.3 Å². The van der Waals surface area contributed by atoms with Crippen LogP contribution in [0.5, 0.6) is 17.2 Å². The smallest absolute Gasteiger partial charge is 0.273 e. The molecule has 0 fully saturated rings. The maximum atomic E-state index is 12.0. The first-order chi connectivity index (χ1) is 13.0. The fourth-order valence-electron chi connectivity index (χ4n) is 2.41. The molecule has 9 nitrogen and oxygen atoms in total. The molecule has 27 heavy (non-hydrogen) atoms. The van der Waals surface area contributed by atoms with E-state index in [4.69, 9.17) is 14.2 Å². The summed E-state index contributed by atoms with van der Waals surface area (Å²) in [5.41, 5.74) is 3.15. The Hall–Kier alpha value is -3.62. The van der Waals surface area contributed by atoms with Crippen molar-refractivity contribution in [1.29, 1.82) is 0 Å². The molecule has 0 unspecified atom stereocenters. The number of amides is 1. The van der Waals surface area contributed by atoms with E-state index in [2.05, 4.69) is 10.5 Å². The quantitative estimate of drug-likeness (QED) is 0.432. The Labute approximate surface area is 155 Å². The fourth-order valence-corrected chi connectivity index (χ4v) is 2.41. The van der Waals surface area contributed by atoms with Crippen LogP contribution in [0.1, 0.15) is 11.1 Å². The van der Waals surface area contributed by atoms with Gasteiger partial charge in [0.05, 0.1) is 38.9 Å². The summed E-state index contributed by atoms with van der Waals surface area (Å²) in [6.45, 7) is 0. The van der Waals surface area contributed by atoms with Gasteiger partial charge < -0.3 is 14.2 Å². The molecule has 2 aromatic carbocycles. The molecule has 0 bridgehead atoms. The van der Waals surface area contributed by atoms with Gasteiger partial charge in [0.1, 0.15) is 0 Å². The molecule has 142 valence electrons. The van der Waals surface area contributed by atoms with Crippen molar-refractivity contribution in [3.63, 3.8) is 0 Å². The summed E-state index contributed by atoms with van der Waals surface area (Å²) in [5.74, 6) is 0.861. The largest absolute Gasteiger partial charge is 0.493 e. The average Bonchev–Trinajstić information content (AvgIpc) is 2.67. The Kier molecular flexibility index (Phi) is 6.70. The summed E-state index contributed by atoms with van der Waals surface area (Å²) in [6, 6.07) is 9.39.